The third kappa shape index (κ3) is 4.49. The van der Waals surface area contributed by atoms with Crippen LogP contribution in [0.5, 0.6) is 5.75 Å². The monoisotopic (exact) mass is 288 g/mol. The Morgan fingerprint density at radius 1 is 1.20 bits per heavy atom. The van der Waals surface area contributed by atoms with Crippen LogP contribution in [0.25, 0.3) is 0 Å². The molecular formula is C13H14F2O5. The lowest BCUT2D eigenvalue weighted by molar-refractivity contribution is -0.140. The van der Waals surface area contributed by atoms with E-state index < -0.39 is 18.6 Å². The first kappa shape index (κ1) is 15.9. The van der Waals surface area contributed by atoms with E-state index in [2.05, 4.69) is 14.2 Å². The van der Waals surface area contributed by atoms with E-state index in [0.717, 1.165) is 7.11 Å². The van der Waals surface area contributed by atoms with Crippen LogP contribution in [0, 0.1) is 0 Å². The molecular weight excluding hydrogens is 274 g/mol. The Balaban J connectivity index is 2.95. The normalized spacial score (nSPS) is 10.2. The number of alkyl halides is 2. The lowest BCUT2D eigenvalue weighted by Crippen LogP contribution is -2.10. The second-order valence-electron chi connectivity index (χ2n) is 3.78. The molecule has 1 aromatic rings. The minimum absolute atomic E-state index is 0.116. The summed E-state index contributed by atoms with van der Waals surface area (Å²) in [5.41, 5.74) is 0.493. The molecule has 0 aliphatic rings. The van der Waals surface area contributed by atoms with Crippen molar-refractivity contribution in [2.45, 2.75) is 19.5 Å². The number of hydrogen-bond acceptors (Lipinski definition) is 5. The highest BCUT2D eigenvalue weighted by Gasteiger charge is 2.17. The molecule has 0 aromatic heterocycles. The Labute approximate surface area is 114 Å². The number of methoxy groups -OCH3 is 2. The molecule has 0 saturated carbocycles. The van der Waals surface area contributed by atoms with Crippen LogP contribution in [-0.2, 0) is 20.7 Å². The fourth-order valence-electron chi connectivity index (χ4n) is 1.55. The Morgan fingerprint density at radius 2 is 1.90 bits per heavy atom. The van der Waals surface area contributed by atoms with Gasteiger partial charge in [-0.2, -0.15) is 8.78 Å². The Bertz CT molecular complexity index is 488. The quantitative estimate of drug-likeness (QED) is 0.751. The molecule has 0 atom stereocenters. The maximum atomic E-state index is 12.2. The predicted octanol–water partition coefficient (Wildman–Crippen LogP) is 2.18. The van der Waals surface area contributed by atoms with Gasteiger partial charge in [0.2, 0.25) is 0 Å². The van der Waals surface area contributed by atoms with Crippen LogP contribution >= 0.6 is 0 Å². The van der Waals surface area contributed by atoms with Crippen LogP contribution in [-0.4, -0.2) is 32.8 Å². The number of halogens is 2. The van der Waals surface area contributed by atoms with Crippen LogP contribution in [0.4, 0.5) is 8.78 Å². The second kappa shape index (κ2) is 7.42. The number of aryl methyl sites for hydroxylation is 1. The number of carbonyl (C=O) groups excluding carboxylic acids is 2. The smallest absolute Gasteiger partial charge is 0.387 e. The molecule has 0 amide bonds. The van der Waals surface area contributed by atoms with E-state index in [1.165, 1.54) is 25.3 Å². The van der Waals surface area contributed by atoms with Crippen molar-refractivity contribution < 1.29 is 32.6 Å². The van der Waals surface area contributed by atoms with E-state index in [1.54, 1.807) is 0 Å². The maximum Gasteiger partial charge on any atom is 0.387 e. The number of carbonyl (C=O) groups is 2. The molecule has 110 valence electrons. The summed E-state index contributed by atoms with van der Waals surface area (Å²) in [7, 11) is 2.40. The van der Waals surface area contributed by atoms with Crippen LogP contribution in [0.1, 0.15) is 22.3 Å². The van der Waals surface area contributed by atoms with Crippen molar-refractivity contribution >= 4 is 11.9 Å². The van der Waals surface area contributed by atoms with Crippen molar-refractivity contribution in [3.8, 4) is 5.75 Å². The zero-order valence-electron chi connectivity index (χ0n) is 11.0. The van der Waals surface area contributed by atoms with Gasteiger partial charge in [-0.05, 0) is 24.1 Å². The van der Waals surface area contributed by atoms with Crippen LogP contribution in [0.2, 0.25) is 0 Å². The van der Waals surface area contributed by atoms with E-state index >= 15 is 0 Å². The summed E-state index contributed by atoms with van der Waals surface area (Å²) in [6, 6.07) is 4.09. The van der Waals surface area contributed by atoms with Crippen LogP contribution in [0.3, 0.4) is 0 Å². The molecule has 1 aromatic carbocycles. The van der Waals surface area contributed by atoms with Crippen molar-refractivity contribution in [3.05, 3.63) is 29.3 Å². The standard InChI is InChI=1S/C13H14F2O5/c1-18-11(16)6-4-8-3-5-10(20-13(14)15)9(7-8)12(17)19-2/h3,5,7,13H,4,6H2,1-2H3. The van der Waals surface area contributed by atoms with E-state index in [1.807, 2.05) is 0 Å². The SMILES string of the molecule is COC(=O)CCc1ccc(OC(F)F)c(C(=O)OC)c1. The lowest BCUT2D eigenvalue weighted by Gasteiger charge is -2.11. The first-order valence-electron chi connectivity index (χ1n) is 5.70. The molecule has 0 heterocycles. The molecule has 0 spiro atoms. The summed E-state index contributed by atoms with van der Waals surface area (Å²) in [5.74, 6) is -1.47. The van der Waals surface area contributed by atoms with Gasteiger partial charge in [-0.3, -0.25) is 4.79 Å². The van der Waals surface area contributed by atoms with Gasteiger partial charge in [-0.15, -0.1) is 0 Å². The number of hydrogen-bond donors (Lipinski definition) is 0. The highest BCUT2D eigenvalue weighted by molar-refractivity contribution is 5.92. The maximum absolute atomic E-state index is 12.2. The van der Waals surface area contributed by atoms with E-state index in [9.17, 15) is 18.4 Å². The largest absolute Gasteiger partial charge is 0.469 e. The number of rotatable bonds is 6. The summed E-state index contributed by atoms with van der Waals surface area (Å²) >= 11 is 0. The molecule has 7 heteroatoms. The zero-order chi connectivity index (χ0) is 15.1. The van der Waals surface area contributed by atoms with Crippen molar-refractivity contribution in [3.63, 3.8) is 0 Å². The highest BCUT2D eigenvalue weighted by atomic mass is 19.3. The average molecular weight is 288 g/mol. The van der Waals surface area contributed by atoms with Gasteiger partial charge in [0.05, 0.1) is 14.2 Å². The molecule has 0 bridgehead atoms. The van der Waals surface area contributed by atoms with Gasteiger partial charge in [-0.25, -0.2) is 4.79 Å². The van der Waals surface area contributed by atoms with Gasteiger partial charge in [0.25, 0.3) is 0 Å². The molecule has 0 aliphatic heterocycles. The zero-order valence-corrected chi connectivity index (χ0v) is 11.0. The van der Waals surface area contributed by atoms with Crippen molar-refractivity contribution in [1.82, 2.24) is 0 Å². The molecule has 0 saturated heterocycles. The molecule has 20 heavy (non-hydrogen) atoms. The number of ether oxygens (including phenoxy) is 3. The molecule has 0 fully saturated rings. The first-order chi connectivity index (χ1) is 9.47. The van der Waals surface area contributed by atoms with Crippen molar-refractivity contribution in [2.24, 2.45) is 0 Å². The van der Waals surface area contributed by atoms with Gasteiger partial charge in [0.1, 0.15) is 11.3 Å². The molecule has 0 N–H and O–H groups in total. The minimum atomic E-state index is -3.04. The number of benzene rings is 1. The summed E-state index contributed by atoms with van der Waals surface area (Å²) < 4.78 is 37.7. The third-order valence-electron chi connectivity index (χ3n) is 2.51. The van der Waals surface area contributed by atoms with Gasteiger partial charge in [0, 0.05) is 6.42 Å². The summed E-state index contributed by atoms with van der Waals surface area (Å²) in [6.45, 7) is -3.04. The third-order valence-corrected chi connectivity index (χ3v) is 2.51. The fraction of sp³-hybridized carbons (Fsp3) is 0.385. The summed E-state index contributed by atoms with van der Waals surface area (Å²) in [5, 5.41) is 0. The molecule has 0 unspecified atom stereocenters. The van der Waals surface area contributed by atoms with Gasteiger partial charge in [0.15, 0.2) is 0 Å². The Kier molecular flexibility index (Phi) is 5.89. The summed E-state index contributed by atoms with van der Waals surface area (Å²) in [6.07, 6.45) is 0.428. The topological polar surface area (TPSA) is 61.8 Å². The van der Waals surface area contributed by atoms with Gasteiger partial charge in [-0.1, -0.05) is 6.07 Å². The van der Waals surface area contributed by atoms with E-state index in [-0.39, 0.29) is 17.7 Å². The van der Waals surface area contributed by atoms with E-state index in [0.29, 0.717) is 12.0 Å². The highest BCUT2D eigenvalue weighted by Crippen LogP contribution is 2.23. The molecule has 1 rings (SSSR count). The molecule has 0 radical (unpaired) electrons. The summed E-state index contributed by atoms with van der Waals surface area (Å²) in [4.78, 5) is 22.6. The Morgan fingerprint density at radius 3 is 2.45 bits per heavy atom. The minimum Gasteiger partial charge on any atom is -0.469 e. The van der Waals surface area contributed by atoms with Gasteiger partial charge < -0.3 is 14.2 Å². The van der Waals surface area contributed by atoms with Gasteiger partial charge >= 0.3 is 18.6 Å². The average Bonchev–Trinajstić information content (AvgIpc) is 2.44. The predicted molar refractivity (Wildman–Crippen MR) is 64.8 cm³/mol. The first-order valence-corrected chi connectivity index (χ1v) is 5.70. The Hall–Kier alpha value is -2.18. The molecule has 0 aliphatic carbocycles. The van der Waals surface area contributed by atoms with Crippen LogP contribution < -0.4 is 4.74 Å². The molecule has 5 nitrogen and oxygen atoms in total. The van der Waals surface area contributed by atoms with E-state index in [4.69, 9.17) is 0 Å². The number of esters is 2. The van der Waals surface area contributed by atoms with Crippen molar-refractivity contribution in [2.75, 3.05) is 14.2 Å². The lowest BCUT2D eigenvalue weighted by atomic mass is 10.1. The van der Waals surface area contributed by atoms with Crippen molar-refractivity contribution in [1.29, 1.82) is 0 Å². The fourth-order valence-corrected chi connectivity index (χ4v) is 1.55. The van der Waals surface area contributed by atoms with Crippen LogP contribution in [0.15, 0.2) is 18.2 Å². The second-order valence-corrected chi connectivity index (χ2v) is 3.78.